The van der Waals surface area contributed by atoms with Gasteiger partial charge in [0, 0.05) is 24.0 Å². The van der Waals surface area contributed by atoms with E-state index in [1.165, 1.54) is 0 Å². The van der Waals surface area contributed by atoms with Crippen LogP contribution in [0.3, 0.4) is 0 Å². The van der Waals surface area contributed by atoms with Gasteiger partial charge < -0.3 is 15.2 Å². The fourth-order valence-electron chi connectivity index (χ4n) is 2.16. The molecule has 2 N–H and O–H groups in total. The molecule has 0 aliphatic heterocycles. The summed E-state index contributed by atoms with van der Waals surface area (Å²) in [4.78, 5) is 17.4. The van der Waals surface area contributed by atoms with Gasteiger partial charge in [-0.3, -0.25) is 4.79 Å². The van der Waals surface area contributed by atoms with E-state index in [0.717, 1.165) is 30.5 Å². The van der Waals surface area contributed by atoms with Gasteiger partial charge in [0.1, 0.15) is 5.69 Å². The van der Waals surface area contributed by atoms with Crippen LogP contribution in [0.25, 0.3) is 10.9 Å². The Morgan fingerprint density at radius 2 is 2.00 bits per heavy atom. The van der Waals surface area contributed by atoms with Crippen molar-refractivity contribution in [2.45, 2.75) is 13.8 Å². The maximum Gasteiger partial charge on any atom is 0.267 e. The minimum absolute atomic E-state index is 0.0386. The second-order valence-electron chi connectivity index (χ2n) is 4.55. The van der Waals surface area contributed by atoms with Crippen LogP contribution in [0.15, 0.2) is 30.3 Å². The highest BCUT2D eigenvalue weighted by Gasteiger charge is 2.08. The van der Waals surface area contributed by atoms with Crippen LogP contribution in [0, 0.1) is 0 Å². The van der Waals surface area contributed by atoms with Crippen LogP contribution >= 0.6 is 0 Å². The van der Waals surface area contributed by atoms with E-state index in [1.54, 1.807) is 0 Å². The topological polar surface area (TPSA) is 48.1 Å². The van der Waals surface area contributed by atoms with Gasteiger partial charge in [-0.1, -0.05) is 32.0 Å². The number of nitrogens with zero attached hydrogens (tertiary/aromatic N) is 1. The Kier molecular flexibility index (Phi) is 4.58. The molecule has 19 heavy (non-hydrogen) atoms. The maximum absolute atomic E-state index is 12.0. The molecular weight excluding hydrogens is 238 g/mol. The number of carbonyl (C=O) groups is 1. The van der Waals surface area contributed by atoms with Gasteiger partial charge in [-0.2, -0.15) is 0 Å². The van der Waals surface area contributed by atoms with Gasteiger partial charge in [0.05, 0.1) is 0 Å². The van der Waals surface area contributed by atoms with Gasteiger partial charge in [0.2, 0.25) is 0 Å². The van der Waals surface area contributed by atoms with Crippen LogP contribution in [-0.2, 0) is 0 Å². The van der Waals surface area contributed by atoms with Gasteiger partial charge in [-0.05, 0) is 25.2 Å². The Labute approximate surface area is 113 Å². The van der Waals surface area contributed by atoms with E-state index in [9.17, 15) is 4.79 Å². The average molecular weight is 259 g/mol. The summed E-state index contributed by atoms with van der Waals surface area (Å²) in [5.74, 6) is -0.0386. The number of benzene rings is 1. The molecule has 0 saturated carbocycles. The average Bonchev–Trinajstić information content (AvgIpc) is 2.87. The zero-order valence-corrected chi connectivity index (χ0v) is 11.6. The summed E-state index contributed by atoms with van der Waals surface area (Å²) in [6.45, 7) is 7.85. The fourth-order valence-corrected chi connectivity index (χ4v) is 2.16. The molecule has 0 unspecified atom stereocenters. The zero-order chi connectivity index (χ0) is 13.7. The molecule has 0 aliphatic rings. The predicted molar refractivity (Wildman–Crippen MR) is 78.4 cm³/mol. The number of rotatable bonds is 6. The summed E-state index contributed by atoms with van der Waals surface area (Å²) in [7, 11) is 0. The lowest BCUT2D eigenvalue weighted by Gasteiger charge is -2.17. The number of hydrogen-bond donors (Lipinski definition) is 2. The number of aromatic amines is 1. The first kappa shape index (κ1) is 13.6. The third-order valence-corrected chi connectivity index (χ3v) is 3.38. The van der Waals surface area contributed by atoms with Crippen LogP contribution in [0.5, 0.6) is 0 Å². The number of aromatic nitrogens is 1. The molecule has 0 spiro atoms. The van der Waals surface area contributed by atoms with E-state index in [2.05, 4.69) is 29.0 Å². The van der Waals surface area contributed by atoms with E-state index in [4.69, 9.17) is 0 Å². The van der Waals surface area contributed by atoms with Crippen LogP contribution in [-0.4, -0.2) is 42.0 Å². The molecule has 0 bridgehead atoms. The molecule has 1 heterocycles. The molecule has 0 saturated heterocycles. The first-order chi connectivity index (χ1) is 9.24. The number of para-hydroxylation sites is 1. The van der Waals surface area contributed by atoms with E-state index in [0.29, 0.717) is 12.2 Å². The predicted octanol–water partition coefficient (Wildman–Crippen LogP) is 2.24. The van der Waals surface area contributed by atoms with E-state index in [1.807, 2.05) is 30.3 Å². The second-order valence-corrected chi connectivity index (χ2v) is 4.55. The van der Waals surface area contributed by atoms with Crippen molar-refractivity contribution in [2.24, 2.45) is 0 Å². The molecule has 0 aliphatic carbocycles. The van der Waals surface area contributed by atoms with Gasteiger partial charge in [-0.25, -0.2) is 0 Å². The van der Waals surface area contributed by atoms with Crippen molar-refractivity contribution in [3.05, 3.63) is 36.0 Å². The highest BCUT2D eigenvalue weighted by Crippen LogP contribution is 2.14. The molecule has 1 aromatic heterocycles. The summed E-state index contributed by atoms with van der Waals surface area (Å²) < 4.78 is 0. The lowest BCUT2D eigenvalue weighted by molar-refractivity contribution is 0.0945. The minimum atomic E-state index is -0.0386. The Bertz CT molecular complexity index is 510. The number of nitrogens with one attached hydrogen (secondary N) is 2. The van der Waals surface area contributed by atoms with Crippen molar-refractivity contribution in [2.75, 3.05) is 26.2 Å². The summed E-state index contributed by atoms with van der Waals surface area (Å²) >= 11 is 0. The van der Waals surface area contributed by atoms with Crippen LogP contribution < -0.4 is 5.32 Å². The van der Waals surface area contributed by atoms with Crippen molar-refractivity contribution >= 4 is 16.8 Å². The van der Waals surface area contributed by atoms with E-state index in [-0.39, 0.29) is 5.91 Å². The maximum atomic E-state index is 12.0. The molecule has 4 heteroatoms. The number of hydrogen-bond acceptors (Lipinski definition) is 2. The Hall–Kier alpha value is -1.81. The molecule has 0 radical (unpaired) electrons. The van der Waals surface area contributed by atoms with Crippen molar-refractivity contribution in [1.82, 2.24) is 15.2 Å². The monoisotopic (exact) mass is 259 g/mol. The summed E-state index contributed by atoms with van der Waals surface area (Å²) in [6, 6.07) is 9.79. The van der Waals surface area contributed by atoms with Crippen molar-refractivity contribution < 1.29 is 4.79 Å². The first-order valence-corrected chi connectivity index (χ1v) is 6.83. The Morgan fingerprint density at radius 3 is 2.68 bits per heavy atom. The smallest absolute Gasteiger partial charge is 0.267 e. The second kappa shape index (κ2) is 6.38. The largest absolute Gasteiger partial charge is 0.351 e. The number of H-pyrrole nitrogens is 1. The van der Waals surface area contributed by atoms with Gasteiger partial charge in [0.25, 0.3) is 5.91 Å². The molecule has 1 aromatic carbocycles. The summed E-state index contributed by atoms with van der Waals surface area (Å²) in [5, 5.41) is 4.01. The van der Waals surface area contributed by atoms with E-state index < -0.39 is 0 Å². The minimum Gasteiger partial charge on any atom is -0.351 e. The first-order valence-electron chi connectivity index (χ1n) is 6.83. The Balaban J connectivity index is 1.92. The van der Waals surface area contributed by atoms with Crippen LogP contribution in [0.2, 0.25) is 0 Å². The highest BCUT2D eigenvalue weighted by molar-refractivity contribution is 5.97. The third kappa shape index (κ3) is 3.35. The van der Waals surface area contributed by atoms with Crippen LogP contribution in [0.1, 0.15) is 24.3 Å². The normalized spacial score (nSPS) is 11.1. The number of fused-ring (bicyclic) bond motifs is 1. The Morgan fingerprint density at radius 1 is 1.26 bits per heavy atom. The summed E-state index contributed by atoms with van der Waals surface area (Å²) in [6.07, 6.45) is 0. The van der Waals surface area contributed by atoms with Crippen molar-refractivity contribution in [3.63, 3.8) is 0 Å². The van der Waals surface area contributed by atoms with Crippen molar-refractivity contribution in [1.29, 1.82) is 0 Å². The SMILES string of the molecule is CCN(CC)CCNC(=O)c1cc2ccccc2[nH]1. The highest BCUT2D eigenvalue weighted by atomic mass is 16.1. The lowest BCUT2D eigenvalue weighted by atomic mass is 10.2. The number of carbonyl (C=O) groups excluding carboxylic acids is 1. The molecule has 102 valence electrons. The zero-order valence-electron chi connectivity index (χ0n) is 11.6. The third-order valence-electron chi connectivity index (χ3n) is 3.38. The van der Waals surface area contributed by atoms with Gasteiger partial charge in [-0.15, -0.1) is 0 Å². The standard InChI is InChI=1S/C15H21N3O/c1-3-18(4-2)10-9-16-15(19)14-11-12-7-5-6-8-13(12)17-14/h5-8,11,17H,3-4,9-10H2,1-2H3,(H,16,19). The molecule has 4 nitrogen and oxygen atoms in total. The fraction of sp³-hybridized carbons (Fsp3) is 0.400. The molecule has 2 rings (SSSR count). The number of amides is 1. The quantitative estimate of drug-likeness (QED) is 0.836. The molecule has 2 aromatic rings. The molecular formula is C15H21N3O. The molecule has 1 amide bonds. The summed E-state index contributed by atoms with van der Waals surface area (Å²) in [5.41, 5.74) is 1.62. The van der Waals surface area contributed by atoms with Crippen molar-refractivity contribution in [3.8, 4) is 0 Å². The molecule has 0 atom stereocenters. The number of likely N-dealkylation sites (N-methyl/N-ethyl adjacent to an activating group) is 1. The lowest BCUT2D eigenvalue weighted by Crippen LogP contribution is -2.34. The van der Waals surface area contributed by atoms with Crippen LogP contribution in [0.4, 0.5) is 0 Å². The molecule has 0 fully saturated rings. The van der Waals surface area contributed by atoms with Gasteiger partial charge >= 0.3 is 0 Å². The van der Waals surface area contributed by atoms with Gasteiger partial charge in [0.15, 0.2) is 0 Å². The van der Waals surface area contributed by atoms with E-state index >= 15 is 0 Å².